The Hall–Kier alpha value is -3.62. The fourth-order valence-corrected chi connectivity index (χ4v) is 4.93. The monoisotopic (exact) mass is 481 g/mol. The summed E-state index contributed by atoms with van der Waals surface area (Å²) in [5.41, 5.74) is 2.29. The number of fused-ring (bicyclic) bond motifs is 2. The van der Waals surface area contributed by atoms with Crippen LogP contribution in [0.2, 0.25) is 0 Å². The molecule has 2 aromatic carbocycles. The van der Waals surface area contributed by atoms with Gasteiger partial charge in [-0.3, -0.25) is 4.79 Å². The number of hydrogen-bond acceptors (Lipinski definition) is 4. The zero-order chi connectivity index (χ0) is 24.7. The number of para-hydroxylation sites is 1. The van der Waals surface area contributed by atoms with E-state index in [-0.39, 0.29) is 18.0 Å². The molecule has 2 aromatic heterocycles. The maximum absolute atomic E-state index is 13.5. The van der Waals surface area contributed by atoms with Crippen LogP contribution in [0.25, 0.3) is 21.9 Å². The highest BCUT2D eigenvalue weighted by molar-refractivity contribution is 5.97. The van der Waals surface area contributed by atoms with E-state index in [4.69, 9.17) is 0 Å². The molecule has 1 fully saturated rings. The van der Waals surface area contributed by atoms with Gasteiger partial charge in [0.25, 0.3) is 5.91 Å². The van der Waals surface area contributed by atoms with Gasteiger partial charge in [0.2, 0.25) is 0 Å². The van der Waals surface area contributed by atoms with E-state index in [1.54, 1.807) is 30.6 Å². The number of nitrogens with one attached hydrogen (secondary N) is 1. The van der Waals surface area contributed by atoms with E-state index in [0.29, 0.717) is 22.2 Å². The number of hydrogen-bond donors (Lipinski definition) is 1. The Kier molecular flexibility index (Phi) is 5.86. The van der Waals surface area contributed by atoms with Crippen LogP contribution in [-0.2, 0) is 13.2 Å². The smallest absolute Gasteiger partial charge is 0.371 e. The summed E-state index contributed by atoms with van der Waals surface area (Å²) in [7, 11) is 3.73. The quantitative estimate of drug-likeness (QED) is 0.429. The number of benzene rings is 2. The summed E-state index contributed by atoms with van der Waals surface area (Å²) >= 11 is 0. The second-order valence-electron chi connectivity index (χ2n) is 9.19. The van der Waals surface area contributed by atoms with E-state index in [9.17, 15) is 18.0 Å². The number of alkyl halides is 3. The maximum Gasteiger partial charge on any atom is 0.433 e. The lowest BCUT2D eigenvalue weighted by atomic mass is 9.89. The Labute approximate surface area is 200 Å². The van der Waals surface area contributed by atoms with E-state index in [0.717, 1.165) is 42.8 Å². The molecule has 1 N–H and O–H groups in total. The molecule has 1 aliphatic rings. The van der Waals surface area contributed by atoms with Gasteiger partial charge >= 0.3 is 6.18 Å². The van der Waals surface area contributed by atoms with Crippen LogP contribution in [-0.4, -0.2) is 39.6 Å². The number of carbonyl (C=O) groups is 1. The van der Waals surface area contributed by atoms with E-state index >= 15 is 0 Å². The molecule has 0 radical (unpaired) electrons. The number of nitrogens with zero attached hydrogens (tertiary/aromatic N) is 4. The molecule has 35 heavy (non-hydrogen) atoms. The van der Waals surface area contributed by atoms with Gasteiger partial charge in [-0.15, -0.1) is 0 Å². The first-order chi connectivity index (χ1) is 16.7. The van der Waals surface area contributed by atoms with Crippen molar-refractivity contribution >= 4 is 33.5 Å². The second kappa shape index (κ2) is 8.87. The predicted octanol–water partition coefficient (Wildman–Crippen LogP) is 5.32. The zero-order valence-electron chi connectivity index (χ0n) is 19.5. The molecule has 0 unspecified atom stereocenters. The largest absolute Gasteiger partial charge is 0.433 e. The summed E-state index contributed by atoms with van der Waals surface area (Å²) in [5, 5.41) is 3.82. The van der Waals surface area contributed by atoms with Crippen LogP contribution in [0.3, 0.4) is 0 Å². The molecule has 6 nitrogen and oxygen atoms in total. The Morgan fingerprint density at radius 1 is 1.06 bits per heavy atom. The molecule has 9 heteroatoms. The first kappa shape index (κ1) is 23.1. The maximum atomic E-state index is 13.5. The number of imidazole rings is 1. The highest BCUT2D eigenvalue weighted by Crippen LogP contribution is 2.36. The Morgan fingerprint density at radius 2 is 1.80 bits per heavy atom. The molecule has 0 atom stereocenters. The predicted molar refractivity (Wildman–Crippen MR) is 129 cm³/mol. The van der Waals surface area contributed by atoms with Crippen molar-refractivity contribution in [2.24, 2.45) is 7.05 Å². The molecule has 4 aromatic rings. The number of pyridine rings is 1. The Balaban J connectivity index is 1.28. The summed E-state index contributed by atoms with van der Waals surface area (Å²) in [4.78, 5) is 22.9. The van der Waals surface area contributed by atoms with E-state index in [2.05, 4.69) is 15.3 Å². The number of amides is 1. The summed E-state index contributed by atoms with van der Waals surface area (Å²) in [6.07, 6.45) is 0.238. The number of rotatable bonds is 4. The lowest BCUT2D eigenvalue weighted by Gasteiger charge is -2.37. The topological polar surface area (TPSA) is 63.1 Å². The van der Waals surface area contributed by atoms with Crippen LogP contribution in [0.5, 0.6) is 0 Å². The van der Waals surface area contributed by atoms with Crippen LogP contribution in [0.1, 0.15) is 41.7 Å². The summed E-state index contributed by atoms with van der Waals surface area (Å²) in [6.45, 7) is 0. The SMILES string of the molecule is Cn1cnc2ccc(C(=O)N[C@H]3CC[C@@H](N(C)c4cc(C(F)(F)F)nc5ccccc45)CC3)cc21. The Morgan fingerprint density at radius 3 is 2.54 bits per heavy atom. The highest BCUT2D eigenvalue weighted by Gasteiger charge is 2.34. The third kappa shape index (κ3) is 4.54. The lowest BCUT2D eigenvalue weighted by molar-refractivity contribution is -0.140. The normalized spacial score (nSPS) is 18.7. The van der Waals surface area contributed by atoms with Gasteiger partial charge in [0, 0.05) is 42.8 Å². The van der Waals surface area contributed by atoms with Gasteiger partial charge in [0.15, 0.2) is 0 Å². The van der Waals surface area contributed by atoms with Crippen LogP contribution < -0.4 is 10.2 Å². The minimum atomic E-state index is -4.51. The fraction of sp³-hybridized carbons (Fsp3) is 0.346. The number of aromatic nitrogens is 3. The van der Waals surface area contributed by atoms with Crippen molar-refractivity contribution in [3.63, 3.8) is 0 Å². The lowest BCUT2D eigenvalue weighted by Crippen LogP contribution is -2.43. The number of anilines is 1. The summed E-state index contributed by atoms with van der Waals surface area (Å²) < 4.78 is 42.3. The molecular formula is C26H26F3N5O. The average molecular weight is 482 g/mol. The van der Waals surface area contributed by atoms with Gasteiger partial charge < -0.3 is 14.8 Å². The Bertz CT molecular complexity index is 1390. The molecule has 1 amide bonds. The minimum Gasteiger partial charge on any atom is -0.371 e. The van der Waals surface area contributed by atoms with Gasteiger partial charge in [-0.2, -0.15) is 13.2 Å². The first-order valence-electron chi connectivity index (χ1n) is 11.6. The molecular weight excluding hydrogens is 455 g/mol. The van der Waals surface area contributed by atoms with Gasteiger partial charge in [0.1, 0.15) is 5.69 Å². The molecule has 5 rings (SSSR count). The average Bonchev–Trinajstić information content (AvgIpc) is 3.22. The minimum absolute atomic E-state index is 0.0225. The van der Waals surface area contributed by atoms with Crippen molar-refractivity contribution in [2.45, 2.75) is 43.9 Å². The van der Waals surface area contributed by atoms with Crippen molar-refractivity contribution in [3.05, 3.63) is 66.1 Å². The van der Waals surface area contributed by atoms with Crippen LogP contribution >= 0.6 is 0 Å². The molecule has 0 saturated heterocycles. The zero-order valence-corrected chi connectivity index (χ0v) is 19.5. The van der Waals surface area contributed by atoms with Crippen molar-refractivity contribution in [1.82, 2.24) is 19.9 Å². The van der Waals surface area contributed by atoms with Crippen molar-refractivity contribution in [3.8, 4) is 0 Å². The molecule has 0 bridgehead atoms. The van der Waals surface area contributed by atoms with Crippen LogP contribution in [0, 0.1) is 0 Å². The summed E-state index contributed by atoms with van der Waals surface area (Å²) in [6, 6.07) is 13.6. The van der Waals surface area contributed by atoms with Crippen molar-refractivity contribution < 1.29 is 18.0 Å². The van der Waals surface area contributed by atoms with Gasteiger partial charge in [-0.1, -0.05) is 18.2 Å². The molecule has 1 aliphatic carbocycles. The van der Waals surface area contributed by atoms with Crippen molar-refractivity contribution in [1.29, 1.82) is 0 Å². The van der Waals surface area contributed by atoms with E-state index in [1.165, 1.54) is 0 Å². The van der Waals surface area contributed by atoms with Crippen LogP contribution in [0.15, 0.2) is 54.9 Å². The second-order valence-corrected chi connectivity index (χ2v) is 9.19. The standard InChI is InChI=1S/C26H26F3N5O/c1-33-15-30-21-12-7-16(13-23(21)33)25(35)31-17-8-10-18(11-9-17)34(2)22-14-24(26(27,28)29)32-20-6-4-3-5-19(20)22/h3-7,12-15,17-18H,8-11H2,1-2H3,(H,31,35)/t17-,18+. The molecule has 0 spiro atoms. The first-order valence-corrected chi connectivity index (χ1v) is 11.6. The molecule has 182 valence electrons. The van der Waals surface area contributed by atoms with E-state index < -0.39 is 11.9 Å². The van der Waals surface area contributed by atoms with Crippen molar-refractivity contribution in [2.75, 3.05) is 11.9 Å². The van der Waals surface area contributed by atoms with Gasteiger partial charge in [-0.25, -0.2) is 9.97 Å². The molecule has 1 saturated carbocycles. The van der Waals surface area contributed by atoms with Gasteiger partial charge in [-0.05, 0) is 56.0 Å². The number of aryl methyl sites for hydroxylation is 1. The van der Waals surface area contributed by atoms with E-state index in [1.807, 2.05) is 41.8 Å². The highest BCUT2D eigenvalue weighted by atomic mass is 19.4. The summed E-state index contributed by atoms with van der Waals surface area (Å²) in [5.74, 6) is -0.125. The molecule has 2 heterocycles. The number of halogens is 3. The third-order valence-corrected chi connectivity index (χ3v) is 6.93. The van der Waals surface area contributed by atoms with Crippen LogP contribution in [0.4, 0.5) is 18.9 Å². The molecule has 0 aliphatic heterocycles. The van der Waals surface area contributed by atoms with Gasteiger partial charge in [0.05, 0.1) is 22.9 Å². The fourth-order valence-electron chi connectivity index (χ4n) is 4.93. The third-order valence-electron chi connectivity index (χ3n) is 6.93. The number of carbonyl (C=O) groups excluding carboxylic acids is 1.